The molecular weight excluding hydrogens is 298 g/mol. The van der Waals surface area contributed by atoms with Gasteiger partial charge < -0.3 is 10.1 Å². The molecule has 2 fully saturated rings. The van der Waals surface area contributed by atoms with Crippen molar-refractivity contribution in [1.29, 1.82) is 0 Å². The lowest BCUT2D eigenvalue weighted by molar-refractivity contribution is -0.124. The van der Waals surface area contributed by atoms with E-state index in [9.17, 15) is 4.79 Å². The van der Waals surface area contributed by atoms with Crippen LogP contribution in [0, 0.1) is 17.8 Å². The van der Waals surface area contributed by atoms with Crippen LogP contribution in [0.1, 0.15) is 32.6 Å². The minimum Gasteiger partial charge on any atom is -0.484 e. The minimum absolute atomic E-state index is 0.0153. The van der Waals surface area contributed by atoms with E-state index < -0.39 is 0 Å². The van der Waals surface area contributed by atoms with Crippen molar-refractivity contribution < 1.29 is 9.53 Å². The lowest BCUT2D eigenvalue weighted by Crippen LogP contribution is -2.42. The predicted molar refractivity (Wildman–Crippen MR) is 96.0 cm³/mol. The fourth-order valence-electron chi connectivity index (χ4n) is 4.72. The summed E-state index contributed by atoms with van der Waals surface area (Å²) in [5.74, 6) is 3.13. The number of hydrogen-bond donors (Lipinski definition) is 1. The highest BCUT2D eigenvalue weighted by atomic mass is 16.5. The molecule has 0 spiro atoms. The molecule has 4 unspecified atom stereocenters. The van der Waals surface area contributed by atoms with E-state index in [4.69, 9.17) is 4.74 Å². The second-order valence-electron chi connectivity index (χ2n) is 7.49. The first-order valence-corrected chi connectivity index (χ1v) is 9.10. The van der Waals surface area contributed by atoms with Gasteiger partial charge in [0.15, 0.2) is 6.61 Å². The molecule has 2 saturated carbocycles. The van der Waals surface area contributed by atoms with Crippen molar-refractivity contribution in [2.24, 2.45) is 17.8 Å². The first-order chi connectivity index (χ1) is 11.7. The fourth-order valence-corrected chi connectivity index (χ4v) is 4.72. The van der Waals surface area contributed by atoms with Crippen LogP contribution in [0.25, 0.3) is 10.8 Å². The molecular formula is C21H25NO2. The maximum atomic E-state index is 12.2. The zero-order chi connectivity index (χ0) is 16.5. The maximum absolute atomic E-state index is 12.2. The van der Waals surface area contributed by atoms with Crippen LogP contribution in [0.2, 0.25) is 0 Å². The molecule has 4 atom stereocenters. The number of carbonyl (C=O) groups excluding carboxylic acids is 1. The molecule has 0 saturated heterocycles. The molecule has 2 aliphatic rings. The number of carbonyl (C=O) groups is 1. The first-order valence-electron chi connectivity index (χ1n) is 9.10. The molecule has 24 heavy (non-hydrogen) atoms. The van der Waals surface area contributed by atoms with Crippen molar-refractivity contribution in [1.82, 2.24) is 5.32 Å². The molecule has 2 aliphatic carbocycles. The van der Waals surface area contributed by atoms with Crippen LogP contribution in [0.3, 0.4) is 0 Å². The van der Waals surface area contributed by atoms with Crippen LogP contribution in [0.15, 0.2) is 42.5 Å². The summed E-state index contributed by atoms with van der Waals surface area (Å²) in [6.07, 6.45) is 5.41. The molecule has 0 heterocycles. The summed E-state index contributed by atoms with van der Waals surface area (Å²) in [5.41, 5.74) is 0. The lowest BCUT2D eigenvalue weighted by atomic mass is 9.84. The number of nitrogens with one attached hydrogen (secondary N) is 1. The predicted octanol–water partition coefficient (Wildman–Crippen LogP) is 4.16. The summed E-state index contributed by atoms with van der Waals surface area (Å²) in [7, 11) is 0. The Morgan fingerprint density at radius 2 is 2.00 bits per heavy atom. The molecule has 1 amide bonds. The normalized spacial score (nSPS) is 26.5. The number of fused-ring (bicyclic) bond motifs is 3. The van der Waals surface area contributed by atoms with Gasteiger partial charge in [-0.1, -0.05) is 36.8 Å². The topological polar surface area (TPSA) is 38.3 Å². The SMILES string of the molecule is CC(NC(=O)COc1ccc2ccccc2c1)C1CC2CCC1C2. The Morgan fingerprint density at radius 1 is 1.17 bits per heavy atom. The van der Waals surface area contributed by atoms with Crippen molar-refractivity contribution in [3.63, 3.8) is 0 Å². The summed E-state index contributed by atoms with van der Waals surface area (Å²) in [4.78, 5) is 12.2. The summed E-state index contributed by atoms with van der Waals surface area (Å²) in [6, 6.07) is 14.4. The average molecular weight is 323 g/mol. The molecule has 0 aromatic heterocycles. The zero-order valence-electron chi connectivity index (χ0n) is 14.2. The van der Waals surface area contributed by atoms with Gasteiger partial charge in [0.05, 0.1) is 0 Å². The molecule has 3 heteroatoms. The van der Waals surface area contributed by atoms with E-state index in [1.165, 1.54) is 31.1 Å². The molecule has 2 bridgehead atoms. The number of hydrogen-bond acceptors (Lipinski definition) is 2. The summed E-state index contributed by atoms with van der Waals surface area (Å²) < 4.78 is 5.69. The maximum Gasteiger partial charge on any atom is 0.258 e. The highest BCUT2D eigenvalue weighted by Crippen LogP contribution is 2.49. The fraction of sp³-hybridized carbons (Fsp3) is 0.476. The van der Waals surface area contributed by atoms with Gasteiger partial charge in [0.2, 0.25) is 0 Å². The second-order valence-corrected chi connectivity index (χ2v) is 7.49. The van der Waals surface area contributed by atoms with E-state index in [0.717, 1.165) is 23.0 Å². The Labute approximate surface area is 143 Å². The Kier molecular flexibility index (Phi) is 4.17. The number of rotatable bonds is 5. The monoisotopic (exact) mass is 323 g/mol. The van der Waals surface area contributed by atoms with Crippen LogP contribution < -0.4 is 10.1 Å². The second kappa shape index (κ2) is 6.46. The van der Waals surface area contributed by atoms with Crippen LogP contribution in [0.5, 0.6) is 5.75 Å². The Hall–Kier alpha value is -2.03. The van der Waals surface area contributed by atoms with Crippen LogP contribution >= 0.6 is 0 Å². The average Bonchev–Trinajstić information content (AvgIpc) is 3.23. The number of ether oxygens (including phenoxy) is 1. The quantitative estimate of drug-likeness (QED) is 0.897. The van der Waals surface area contributed by atoms with Crippen LogP contribution in [-0.2, 0) is 4.79 Å². The highest BCUT2D eigenvalue weighted by Gasteiger charge is 2.42. The summed E-state index contributed by atoms with van der Waals surface area (Å²) in [6.45, 7) is 2.24. The van der Waals surface area contributed by atoms with Gasteiger partial charge in [0, 0.05) is 6.04 Å². The van der Waals surface area contributed by atoms with Crippen molar-refractivity contribution in [2.75, 3.05) is 6.61 Å². The van der Waals surface area contributed by atoms with Gasteiger partial charge in [-0.05, 0) is 66.8 Å². The van der Waals surface area contributed by atoms with Gasteiger partial charge in [-0.3, -0.25) is 4.79 Å². The molecule has 4 rings (SSSR count). The standard InChI is InChI=1S/C21H25NO2/c1-14(20-11-15-6-7-18(20)10-15)22-21(23)13-24-19-9-8-16-4-2-3-5-17(16)12-19/h2-5,8-9,12,14-15,18,20H,6-7,10-11,13H2,1H3,(H,22,23). The highest BCUT2D eigenvalue weighted by molar-refractivity contribution is 5.84. The van der Waals surface area contributed by atoms with Gasteiger partial charge in [-0.15, -0.1) is 0 Å². The summed E-state index contributed by atoms with van der Waals surface area (Å²) >= 11 is 0. The van der Waals surface area contributed by atoms with Gasteiger partial charge in [-0.2, -0.15) is 0 Å². The van der Waals surface area contributed by atoms with E-state index in [-0.39, 0.29) is 18.6 Å². The largest absolute Gasteiger partial charge is 0.484 e. The van der Waals surface area contributed by atoms with E-state index in [2.05, 4.69) is 24.4 Å². The van der Waals surface area contributed by atoms with E-state index in [1.54, 1.807) is 0 Å². The molecule has 1 N–H and O–H groups in total. The molecule has 0 aliphatic heterocycles. The van der Waals surface area contributed by atoms with Crippen molar-refractivity contribution in [3.8, 4) is 5.75 Å². The van der Waals surface area contributed by atoms with Gasteiger partial charge in [-0.25, -0.2) is 0 Å². The molecule has 3 nitrogen and oxygen atoms in total. The number of amides is 1. The Bertz CT molecular complexity index is 741. The van der Waals surface area contributed by atoms with E-state index in [0.29, 0.717) is 5.92 Å². The lowest BCUT2D eigenvalue weighted by Gasteiger charge is -2.28. The Balaban J connectivity index is 1.31. The van der Waals surface area contributed by atoms with Crippen LogP contribution in [-0.4, -0.2) is 18.6 Å². The molecule has 0 radical (unpaired) electrons. The van der Waals surface area contributed by atoms with Crippen molar-refractivity contribution in [2.45, 2.75) is 38.6 Å². The van der Waals surface area contributed by atoms with E-state index in [1.807, 2.05) is 30.3 Å². The zero-order valence-corrected chi connectivity index (χ0v) is 14.2. The Morgan fingerprint density at radius 3 is 2.75 bits per heavy atom. The van der Waals surface area contributed by atoms with Gasteiger partial charge >= 0.3 is 0 Å². The number of benzene rings is 2. The minimum atomic E-state index is -0.0153. The van der Waals surface area contributed by atoms with Gasteiger partial charge in [0.1, 0.15) is 5.75 Å². The third kappa shape index (κ3) is 3.12. The molecule has 2 aromatic rings. The molecule has 126 valence electrons. The summed E-state index contributed by atoms with van der Waals surface area (Å²) in [5, 5.41) is 5.46. The van der Waals surface area contributed by atoms with Gasteiger partial charge in [0.25, 0.3) is 5.91 Å². The van der Waals surface area contributed by atoms with Crippen molar-refractivity contribution >= 4 is 16.7 Å². The van der Waals surface area contributed by atoms with Crippen molar-refractivity contribution in [3.05, 3.63) is 42.5 Å². The smallest absolute Gasteiger partial charge is 0.258 e. The van der Waals surface area contributed by atoms with Crippen LogP contribution in [0.4, 0.5) is 0 Å². The third-order valence-corrected chi connectivity index (χ3v) is 5.91. The van der Waals surface area contributed by atoms with E-state index >= 15 is 0 Å². The first kappa shape index (κ1) is 15.5. The third-order valence-electron chi connectivity index (χ3n) is 5.91. The molecule has 2 aromatic carbocycles.